The van der Waals surface area contributed by atoms with E-state index in [2.05, 4.69) is 27.3 Å². The van der Waals surface area contributed by atoms with Crippen LogP contribution in [0.5, 0.6) is 5.06 Å². The minimum atomic E-state index is 0.546. The summed E-state index contributed by atoms with van der Waals surface area (Å²) in [5.74, 6) is 0. The number of halogens is 1. The van der Waals surface area contributed by atoms with Gasteiger partial charge in [0.25, 0.3) is 0 Å². The highest BCUT2D eigenvalue weighted by Crippen LogP contribution is 2.39. The number of rotatable bonds is 2. The Morgan fingerprint density at radius 1 is 1.69 bits per heavy atom. The van der Waals surface area contributed by atoms with E-state index in [-0.39, 0.29) is 0 Å². The van der Waals surface area contributed by atoms with Gasteiger partial charge in [-0.3, -0.25) is 0 Å². The van der Waals surface area contributed by atoms with E-state index in [4.69, 9.17) is 4.74 Å². The molecule has 4 heteroatoms. The summed E-state index contributed by atoms with van der Waals surface area (Å²) in [4.78, 5) is 1.38. The molecule has 1 aliphatic rings. The Labute approximate surface area is 90.4 Å². The molecule has 1 fully saturated rings. The van der Waals surface area contributed by atoms with Crippen LogP contribution in [-0.4, -0.2) is 13.7 Å². The molecular weight excluding hydrogens is 250 g/mol. The van der Waals surface area contributed by atoms with Gasteiger partial charge in [-0.1, -0.05) is 0 Å². The quantitative estimate of drug-likeness (QED) is 0.884. The summed E-state index contributed by atoms with van der Waals surface area (Å²) in [6.07, 6.45) is 2.53. The van der Waals surface area contributed by atoms with Crippen LogP contribution in [0.15, 0.2) is 10.5 Å². The van der Waals surface area contributed by atoms with Gasteiger partial charge in [0, 0.05) is 10.9 Å². The summed E-state index contributed by atoms with van der Waals surface area (Å²) < 4.78 is 6.30. The maximum Gasteiger partial charge on any atom is 0.188 e. The Hall–Kier alpha value is -0.0600. The van der Waals surface area contributed by atoms with E-state index in [0.717, 1.165) is 16.1 Å². The summed E-state index contributed by atoms with van der Waals surface area (Å²) >= 11 is 5.21. The van der Waals surface area contributed by atoms with Crippen LogP contribution in [0.2, 0.25) is 0 Å². The fourth-order valence-electron chi connectivity index (χ4n) is 1.61. The van der Waals surface area contributed by atoms with Crippen molar-refractivity contribution in [1.29, 1.82) is 0 Å². The molecule has 1 aromatic rings. The van der Waals surface area contributed by atoms with Crippen LogP contribution < -0.4 is 10.1 Å². The third kappa shape index (κ3) is 1.90. The van der Waals surface area contributed by atoms with Crippen molar-refractivity contribution in [3.63, 3.8) is 0 Å². The SMILES string of the molecule is COc1sc(C2CCCN2)cc1Br. The molecule has 0 amide bonds. The second-order valence-corrected chi connectivity index (χ2v) is 5.04. The number of nitrogens with one attached hydrogen (secondary N) is 1. The zero-order valence-electron chi connectivity index (χ0n) is 7.47. The Kier molecular flexibility index (Phi) is 2.91. The monoisotopic (exact) mass is 261 g/mol. The Morgan fingerprint density at radius 3 is 3.08 bits per heavy atom. The highest BCUT2D eigenvalue weighted by molar-refractivity contribution is 9.10. The summed E-state index contributed by atoms with van der Waals surface area (Å²) in [5, 5.41) is 4.45. The van der Waals surface area contributed by atoms with Crippen LogP contribution in [-0.2, 0) is 0 Å². The molecule has 1 aliphatic heterocycles. The van der Waals surface area contributed by atoms with Crippen LogP contribution in [0.3, 0.4) is 0 Å². The number of methoxy groups -OCH3 is 1. The summed E-state index contributed by atoms with van der Waals surface area (Å²) in [5.41, 5.74) is 0. The minimum Gasteiger partial charge on any atom is -0.486 e. The van der Waals surface area contributed by atoms with Crippen molar-refractivity contribution in [2.45, 2.75) is 18.9 Å². The molecule has 1 unspecified atom stereocenters. The summed E-state index contributed by atoms with van der Waals surface area (Å²) in [7, 11) is 1.71. The molecule has 1 atom stereocenters. The molecule has 0 aromatic carbocycles. The highest BCUT2D eigenvalue weighted by atomic mass is 79.9. The molecule has 1 aromatic heterocycles. The number of hydrogen-bond donors (Lipinski definition) is 1. The number of hydrogen-bond acceptors (Lipinski definition) is 3. The first-order valence-electron chi connectivity index (χ1n) is 4.38. The minimum absolute atomic E-state index is 0.546. The van der Waals surface area contributed by atoms with Gasteiger partial charge >= 0.3 is 0 Å². The molecule has 13 heavy (non-hydrogen) atoms. The second kappa shape index (κ2) is 3.98. The molecular formula is C9H12BrNOS. The molecule has 0 saturated carbocycles. The van der Waals surface area contributed by atoms with Gasteiger partial charge in [-0.2, -0.15) is 0 Å². The number of ether oxygens (including phenoxy) is 1. The average Bonchev–Trinajstić information content (AvgIpc) is 2.71. The van der Waals surface area contributed by atoms with Crippen molar-refractivity contribution in [2.75, 3.05) is 13.7 Å². The Bertz CT molecular complexity index is 294. The predicted octanol–water partition coefficient (Wildman–Crippen LogP) is 2.94. The standard InChI is InChI=1S/C9H12BrNOS/c1-12-9-6(10)5-8(13-9)7-3-2-4-11-7/h5,7,11H,2-4H2,1H3. The first-order chi connectivity index (χ1) is 6.31. The average molecular weight is 262 g/mol. The van der Waals surface area contributed by atoms with E-state index in [1.807, 2.05) is 0 Å². The van der Waals surface area contributed by atoms with Crippen molar-refractivity contribution in [3.8, 4) is 5.06 Å². The second-order valence-electron chi connectivity index (χ2n) is 3.14. The molecule has 1 saturated heterocycles. The van der Waals surface area contributed by atoms with Gasteiger partial charge in [-0.25, -0.2) is 0 Å². The van der Waals surface area contributed by atoms with Crippen molar-refractivity contribution in [1.82, 2.24) is 5.32 Å². The van der Waals surface area contributed by atoms with Gasteiger partial charge in [-0.15, -0.1) is 11.3 Å². The first kappa shape index (κ1) is 9.49. The van der Waals surface area contributed by atoms with E-state index >= 15 is 0 Å². The van der Waals surface area contributed by atoms with Gasteiger partial charge in [-0.05, 0) is 41.4 Å². The Morgan fingerprint density at radius 2 is 2.54 bits per heavy atom. The molecule has 0 bridgehead atoms. The third-order valence-corrected chi connectivity index (χ3v) is 4.33. The summed E-state index contributed by atoms with van der Waals surface area (Å²) in [6, 6.07) is 2.71. The van der Waals surface area contributed by atoms with E-state index in [1.165, 1.54) is 17.7 Å². The lowest BCUT2D eigenvalue weighted by atomic mass is 10.2. The van der Waals surface area contributed by atoms with E-state index < -0.39 is 0 Å². The van der Waals surface area contributed by atoms with Gasteiger partial charge < -0.3 is 10.1 Å². The van der Waals surface area contributed by atoms with Crippen molar-refractivity contribution >= 4 is 27.3 Å². The van der Waals surface area contributed by atoms with E-state index in [1.54, 1.807) is 18.4 Å². The summed E-state index contributed by atoms with van der Waals surface area (Å²) in [6.45, 7) is 1.14. The van der Waals surface area contributed by atoms with Crippen molar-refractivity contribution in [2.24, 2.45) is 0 Å². The lowest BCUT2D eigenvalue weighted by molar-refractivity contribution is 0.425. The van der Waals surface area contributed by atoms with Gasteiger partial charge in [0.2, 0.25) is 0 Å². The van der Waals surface area contributed by atoms with Gasteiger partial charge in [0.15, 0.2) is 5.06 Å². The van der Waals surface area contributed by atoms with Crippen molar-refractivity contribution < 1.29 is 4.74 Å². The fraction of sp³-hybridized carbons (Fsp3) is 0.556. The smallest absolute Gasteiger partial charge is 0.188 e. The first-order valence-corrected chi connectivity index (χ1v) is 5.99. The molecule has 2 rings (SSSR count). The Balaban J connectivity index is 2.20. The van der Waals surface area contributed by atoms with Crippen LogP contribution >= 0.6 is 27.3 Å². The molecule has 2 nitrogen and oxygen atoms in total. The zero-order valence-corrected chi connectivity index (χ0v) is 9.87. The van der Waals surface area contributed by atoms with Crippen LogP contribution in [0.25, 0.3) is 0 Å². The lowest BCUT2D eigenvalue weighted by Gasteiger charge is -2.05. The third-order valence-electron chi connectivity index (χ3n) is 2.26. The maximum atomic E-state index is 5.23. The number of thiophene rings is 1. The van der Waals surface area contributed by atoms with E-state index in [0.29, 0.717) is 6.04 Å². The highest BCUT2D eigenvalue weighted by Gasteiger charge is 2.19. The normalized spacial score (nSPS) is 22.2. The van der Waals surface area contributed by atoms with Crippen LogP contribution in [0.1, 0.15) is 23.8 Å². The van der Waals surface area contributed by atoms with Gasteiger partial charge in [0.1, 0.15) is 0 Å². The molecule has 1 N–H and O–H groups in total. The zero-order chi connectivity index (χ0) is 9.26. The lowest BCUT2D eigenvalue weighted by Crippen LogP contribution is -2.11. The topological polar surface area (TPSA) is 21.3 Å². The maximum absolute atomic E-state index is 5.23. The van der Waals surface area contributed by atoms with Crippen LogP contribution in [0, 0.1) is 0 Å². The van der Waals surface area contributed by atoms with Gasteiger partial charge in [0.05, 0.1) is 11.6 Å². The molecule has 0 spiro atoms. The van der Waals surface area contributed by atoms with E-state index in [9.17, 15) is 0 Å². The molecule has 0 aliphatic carbocycles. The largest absolute Gasteiger partial charge is 0.486 e. The van der Waals surface area contributed by atoms with Crippen molar-refractivity contribution in [3.05, 3.63) is 15.4 Å². The fourth-order valence-corrected chi connectivity index (χ4v) is 3.38. The molecule has 2 heterocycles. The molecule has 72 valence electrons. The molecule has 0 radical (unpaired) electrons. The predicted molar refractivity (Wildman–Crippen MR) is 58.5 cm³/mol. The van der Waals surface area contributed by atoms with Crippen LogP contribution in [0.4, 0.5) is 0 Å².